The number of nitrogens with one attached hydrogen (secondary N) is 2. The third kappa shape index (κ3) is 2.73. The quantitative estimate of drug-likeness (QED) is 0.522. The van der Waals surface area contributed by atoms with E-state index in [-0.39, 0.29) is 5.92 Å². The van der Waals surface area contributed by atoms with Crippen molar-refractivity contribution in [1.82, 2.24) is 24.9 Å². The number of pyridine rings is 1. The van der Waals surface area contributed by atoms with Crippen LogP contribution in [0.1, 0.15) is 41.7 Å². The van der Waals surface area contributed by atoms with E-state index in [0.29, 0.717) is 6.42 Å². The lowest BCUT2D eigenvalue weighted by Crippen LogP contribution is -2.47. The summed E-state index contributed by atoms with van der Waals surface area (Å²) in [6.45, 7) is 0. The van der Waals surface area contributed by atoms with E-state index in [1.54, 1.807) is 6.20 Å². The van der Waals surface area contributed by atoms with Gasteiger partial charge in [0.2, 0.25) is 0 Å². The minimum absolute atomic E-state index is 0.0850. The third-order valence-corrected chi connectivity index (χ3v) is 5.65. The summed E-state index contributed by atoms with van der Waals surface area (Å²) < 4.78 is 0. The van der Waals surface area contributed by atoms with Gasteiger partial charge in [-0.15, -0.1) is 0 Å². The van der Waals surface area contributed by atoms with Crippen LogP contribution >= 0.6 is 0 Å². The molecule has 0 radical (unpaired) electrons. The van der Waals surface area contributed by atoms with Gasteiger partial charge in [0.15, 0.2) is 0 Å². The van der Waals surface area contributed by atoms with Gasteiger partial charge in [0.05, 0.1) is 16.6 Å². The van der Waals surface area contributed by atoms with Crippen molar-refractivity contribution in [2.75, 3.05) is 0 Å². The van der Waals surface area contributed by atoms with Crippen molar-refractivity contribution >= 4 is 11.0 Å². The van der Waals surface area contributed by atoms with E-state index in [0.717, 1.165) is 47.6 Å². The molecule has 0 saturated carbocycles. The maximum atomic E-state index is 7.11. The average molecular weight is 358 g/mol. The van der Waals surface area contributed by atoms with Crippen LogP contribution in [0.15, 0.2) is 55.0 Å². The minimum Gasteiger partial charge on any atom is -0.347 e. The van der Waals surface area contributed by atoms with Gasteiger partial charge in [0, 0.05) is 36.6 Å². The Labute approximate surface area is 157 Å². The van der Waals surface area contributed by atoms with Crippen LogP contribution in [0.2, 0.25) is 0 Å². The summed E-state index contributed by atoms with van der Waals surface area (Å²) in [6.07, 6.45) is 9.16. The fraction of sp³-hybridized carbons (Fsp3) is 0.286. The van der Waals surface area contributed by atoms with E-state index >= 15 is 0 Å². The summed E-state index contributed by atoms with van der Waals surface area (Å²) in [7, 11) is 0. The molecule has 0 fully saturated rings. The van der Waals surface area contributed by atoms with Gasteiger partial charge in [0.1, 0.15) is 11.6 Å². The Morgan fingerprint density at radius 2 is 2.04 bits per heavy atom. The highest BCUT2D eigenvalue weighted by atomic mass is 15.0. The molecule has 1 aromatic carbocycles. The van der Waals surface area contributed by atoms with E-state index in [4.69, 9.17) is 15.7 Å². The zero-order valence-electron chi connectivity index (χ0n) is 15.0. The molecule has 0 bridgehead atoms. The SMILES string of the molecule is NC(Cc1nc2ccccc2[nH]1)(c1ncc[nH]1)C1CCCc2cccnc21. The van der Waals surface area contributed by atoms with E-state index in [2.05, 4.69) is 21.0 Å². The van der Waals surface area contributed by atoms with Crippen molar-refractivity contribution < 1.29 is 0 Å². The molecule has 0 saturated heterocycles. The molecule has 1 aliphatic rings. The van der Waals surface area contributed by atoms with Crippen molar-refractivity contribution in [1.29, 1.82) is 0 Å². The van der Waals surface area contributed by atoms with Gasteiger partial charge in [-0.1, -0.05) is 18.2 Å². The number of hydrogen-bond acceptors (Lipinski definition) is 4. The molecule has 0 amide bonds. The Hall–Kier alpha value is -2.99. The largest absolute Gasteiger partial charge is 0.347 e. The molecule has 4 N–H and O–H groups in total. The van der Waals surface area contributed by atoms with Crippen LogP contribution in [-0.4, -0.2) is 24.9 Å². The second kappa shape index (κ2) is 6.32. The number of imidazole rings is 2. The number of nitrogens with zero attached hydrogens (tertiary/aromatic N) is 3. The Morgan fingerprint density at radius 3 is 2.89 bits per heavy atom. The fourth-order valence-corrected chi connectivity index (χ4v) is 4.37. The van der Waals surface area contributed by atoms with E-state index in [9.17, 15) is 0 Å². The zero-order valence-corrected chi connectivity index (χ0v) is 15.0. The topological polar surface area (TPSA) is 96.3 Å². The lowest BCUT2D eigenvalue weighted by Gasteiger charge is -2.38. The number of aromatic amines is 2. The Morgan fingerprint density at radius 1 is 1.11 bits per heavy atom. The van der Waals surface area contributed by atoms with Gasteiger partial charge in [-0.25, -0.2) is 9.97 Å². The smallest absolute Gasteiger partial charge is 0.127 e. The van der Waals surface area contributed by atoms with Crippen molar-refractivity contribution in [2.24, 2.45) is 5.73 Å². The number of benzene rings is 1. The van der Waals surface area contributed by atoms with E-state index < -0.39 is 5.54 Å². The van der Waals surface area contributed by atoms with Crippen LogP contribution in [0.25, 0.3) is 11.0 Å². The van der Waals surface area contributed by atoms with Crippen molar-refractivity contribution in [3.05, 3.63) is 77.9 Å². The number of hydrogen-bond donors (Lipinski definition) is 3. The second-order valence-corrected chi connectivity index (χ2v) is 7.35. The zero-order chi connectivity index (χ0) is 18.3. The lowest BCUT2D eigenvalue weighted by atomic mass is 9.72. The van der Waals surface area contributed by atoms with Crippen LogP contribution in [-0.2, 0) is 18.4 Å². The average Bonchev–Trinajstić information content (AvgIpc) is 3.37. The number of H-pyrrole nitrogens is 2. The van der Waals surface area contributed by atoms with Crippen LogP contribution in [0.3, 0.4) is 0 Å². The number of aryl methyl sites for hydroxylation is 1. The highest BCUT2D eigenvalue weighted by molar-refractivity contribution is 5.74. The normalized spacial score (nSPS) is 18.9. The molecule has 2 unspecified atom stereocenters. The number of aromatic nitrogens is 5. The highest BCUT2D eigenvalue weighted by Gasteiger charge is 2.43. The highest BCUT2D eigenvalue weighted by Crippen LogP contribution is 2.42. The van der Waals surface area contributed by atoms with Gasteiger partial charge in [-0.05, 0) is 43.0 Å². The molecule has 6 nitrogen and oxygen atoms in total. The van der Waals surface area contributed by atoms with Gasteiger partial charge < -0.3 is 15.7 Å². The molecule has 136 valence electrons. The first kappa shape index (κ1) is 16.2. The molecule has 0 aliphatic heterocycles. The molecule has 0 spiro atoms. The second-order valence-electron chi connectivity index (χ2n) is 7.35. The first-order chi connectivity index (χ1) is 13.2. The molecule has 5 rings (SSSR count). The first-order valence-electron chi connectivity index (χ1n) is 9.40. The van der Waals surface area contributed by atoms with Crippen LogP contribution < -0.4 is 5.73 Å². The number of nitrogens with two attached hydrogens (primary N) is 1. The van der Waals surface area contributed by atoms with Crippen molar-refractivity contribution in [3.8, 4) is 0 Å². The van der Waals surface area contributed by atoms with Crippen LogP contribution in [0, 0.1) is 0 Å². The summed E-state index contributed by atoms with van der Waals surface area (Å²) in [5.74, 6) is 1.74. The fourth-order valence-electron chi connectivity index (χ4n) is 4.37. The molecule has 27 heavy (non-hydrogen) atoms. The maximum absolute atomic E-state index is 7.11. The standard InChI is InChI=1S/C21H22N6/c22-21(20-24-11-12-25-20,13-18-26-16-8-1-2-9-17(16)27-18)15-7-3-5-14-6-4-10-23-19(14)15/h1-2,4,6,8-12,15H,3,5,7,13,22H2,(H,24,25)(H,26,27). The van der Waals surface area contributed by atoms with Crippen molar-refractivity contribution in [3.63, 3.8) is 0 Å². The molecular formula is C21H22N6. The lowest BCUT2D eigenvalue weighted by molar-refractivity contribution is 0.292. The van der Waals surface area contributed by atoms with E-state index in [1.165, 1.54) is 5.56 Å². The number of rotatable bonds is 4. The molecular weight excluding hydrogens is 336 g/mol. The summed E-state index contributed by atoms with van der Waals surface area (Å²) in [6, 6.07) is 12.2. The predicted octanol–water partition coefficient (Wildman–Crippen LogP) is 3.20. The summed E-state index contributed by atoms with van der Waals surface area (Å²) in [5.41, 5.74) is 10.8. The first-order valence-corrected chi connectivity index (χ1v) is 9.40. The summed E-state index contributed by atoms with van der Waals surface area (Å²) in [4.78, 5) is 20.7. The third-order valence-electron chi connectivity index (χ3n) is 5.65. The van der Waals surface area contributed by atoms with Gasteiger partial charge in [0.25, 0.3) is 0 Å². The molecule has 3 heterocycles. The van der Waals surface area contributed by atoms with Crippen molar-refractivity contribution in [2.45, 2.75) is 37.1 Å². The Balaban J connectivity index is 1.61. The minimum atomic E-state index is -0.707. The van der Waals surface area contributed by atoms with Gasteiger partial charge in [-0.3, -0.25) is 4.98 Å². The molecule has 4 aromatic rings. The number of para-hydroxylation sites is 2. The van der Waals surface area contributed by atoms with Crippen LogP contribution in [0.5, 0.6) is 0 Å². The predicted molar refractivity (Wildman–Crippen MR) is 104 cm³/mol. The van der Waals surface area contributed by atoms with Gasteiger partial charge in [-0.2, -0.15) is 0 Å². The molecule has 6 heteroatoms. The monoisotopic (exact) mass is 358 g/mol. The molecule has 3 aromatic heterocycles. The number of fused-ring (bicyclic) bond motifs is 2. The Kier molecular flexibility index (Phi) is 3.79. The summed E-state index contributed by atoms with van der Waals surface area (Å²) >= 11 is 0. The summed E-state index contributed by atoms with van der Waals surface area (Å²) in [5, 5.41) is 0. The molecule has 2 atom stereocenters. The van der Waals surface area contributed by atoms with E-state index in [1.807, 2.05) is 42.7 Å². The molecule has 1 aliphatic carbocycles. The Bertz CT molecular complexity index is 1030. The van der Waals surface area contributed by atoms with Gasteiger partial charge >= 0.3 is 0 Å². The van der Waals surface area contributed by atoms with Crippen LogP contribution in [0.4, 0.5) is 0 Å². The maximum Gasteiger partial charge on any atom is 0.127 e.